The Kier molecular flexibility index (Phi) is 4.43. The number of carbonyl (C=O) groups is 2. The van der Waals surface area contributed by atoms with E-state index in [1.54, 1.807) is 11.8 Å². The fourth-order valence-electron chi connectivity index (χ4n) is 5.01. The Morgan fingerprint density at radius 1 is 1.07 bits per heavy atom. The van der Waals surface area contributed by atoms with Gasteiger partial charge in [-0.3, -0.25) is 9.59 Å². The predicted molar refractivity (Wildman–Crippen MR) is 111 cm³/mol. The zero-order chi connectivity index (χ0) is 19.1. The van der Waals surface area contributed by atoms with Crippen LogP contribution in [-0.4, -0.2) is 28.5 Å². The Morgan fingerprint density at radius 3 is 2.71 bits per heavy atom. The summed E-state index contributed by atoms with van der Waals surface area (Å²) in [7, 11) is 0. The molecule has 2 aliphatic heterocycles. The van der Waals surface area contributed by atoms with E-state index >= 15 is 0 Å². The van der Waals surface area contributed by atoms with Gasteiger partial charge in [-0.2, -0.15) is 0 Å². The third-order valence-electron chi connectivity index (χ3n) is 6.34. The number of thioether (sulfide) groups is 1. The molecule has 5 heteroatoms. The van der Waals surface area contributed by atoms with E-state index in [9.17, 15) is 9.59 Å². The summed E-state index contributed by atoms with van der Waals surface area (Å²) in [6.45, 7) is 0. The second-order valence-electron chi connectivity index (χ2n) is 7.89. The molecule has 5 rings (SSSR count). The van der Waals surface area contributed by atoms with Crippen molar-refractivity contribution in [1.82, 2.24) is 10.2 Å². The van der Waals surface area contributed by atoms with Crippen LogP contribution < -0.4 is 5.32 Å². The molecule has 2 heterocycles. The molecule has 0 unspecified atom stereocenters. The number of nitrogens with zero attached hydrogens (tertiary/aromatic N) is 1. The van der Waals surface area contributed by atoms with Crippen molar-refractivity contribution in [2.45, 2.75) is 49.1 Å². The van der Waals surface area contributed by atoms with Gasteiger partial charge >= 0.3 is 0 Å². The monoisotopic (exact) mass is 392 g/mol. The molecule has 0 saturated carbocycles. The number of carbonyl (C=O) groups excluding carboxylic acids is 2. The first-order valence-corrected chi connectivity index (χ1v) is 11.1. The molecule has 144 valence electrons. The SMILES string of the molecule is O=C(N[C@@H]1CCCc2ccccc21)[C@H]1CS[C@]2(c3ccccc3)CCC(=O)N12. The molecule has 2 aromatic rings. The third-order valence-corrected chi connectivity index (χ3v) is 7.94. The van der Waals surface area contributed by atoms with E-state index in [4.69, 9.17) is 0 Å². The standard InChI is InChI=1S/C23H24N2O2S/c26-21-13-14-23(17-9-2-1-3-10-17)25(21)20(15-28-23)22(27)24-19-12-6-8-16-7-4-5-11-18(16)19/h1-5,7,9-11,19-20H,6,8,12-15H2,(H,24,27)/t19-,20-,23+/m1/s1. The molecule has 1 N–H and O–H groups in total. The van der Waals surface area contributed by atoms with Crippen LogP contribution in [0.15, 0.2) is 54.6 Å². The Hall–Kier alpha value is -2.27. The van der Waals surface area contributed by atoms with Crippen molar-refractivity contribution in [2.75, 3.05) is 5.75 Å². The highest BCUT2D eigenvalue weighted by molar-refractivity contribution is 8.00. The van der Waals surface area contributed by atoms with Crippen molar-refractivity contribution in [1.29, 1.82) is 0 Å². The minimum atomic E-state index is -0.394. The zero-order valence-corrected chi connectivity index (χ0v) is 16.6. The van der Waals surface area contributed by atoms with Crippen molar-refractivity contribution < 1.29 is 9.59 Å². The van der Waals surface area contributed by atoms with E-state index < -0.39 is 6.04 Å². The molecule has 0 bridgehead atoms. The molecule has 3 aliphatic rings. The van der Waals surface area contributed by atoms with E-state index in [0.717, 1.165) is 31.2 Å². The molecule has 2 fully saturated rings. The summed E-state index contributed by atoms with van der Waals surface area (Å²) in [6.07, 6.45) is 4.40. The van der Waals surface area contributed by atoms with Gasteiger partial charge in [0.15, 0.2) is 0 Å². The largest absolute Gasteiger partial charge is 0.347 e. The Balaban J connectivity index is 1.40. The average Bonchev–Trinajstić information content (AvgIpc) is 3.28. The molecule has 28 heavy (non-hydrogen) atoms. The number of benzene rings is 2. The maximum absolute atomic E-state index is 13.3. The van der Waals surface area contributed by atoms with Gasteiger partial charge < -0.3 is 10.2 Å². The summed E-state index contributed by atoms with van der Waals surface area (Å²) in [5.74, 6) is 0.737. The number of nitrogens with one attached hydrogen (secondary N) is 1. The minimum absolute atomic E-state index is 0.0118. The van der Waals surface area contributed by atoms with E-state index in [1.165, 1.54) is 11.1 Å². The average molecular weight is 393 g/mol. The van der Waals surface area contributed by atoms with Gasteiger partial charge in [0.2, 0.25) is 11.8 Å². The van der Waals surface area contributed by atoms with Crippen LogP contribution in [0.1, 0.15) is 48.4 Å². The summed E-state index contributed by atoms with van der Waals surface area (Å²) in [5, 5.41) is 3.27. The van der Waals surface area contributed by atoms with Gasteiger partial charge in [0.05, 0.1) is 6.04 Å². The Bertz CT molecular complexity index is 916. The lowest BCUT2D eigenvalue weighted by Crippen LogP contribution is -2.50. The molecule has 2 amide bonds. The van der Waals surface area contributed by atoms with Crippen LogP contribution in [0.3, 0.4) is 0 Å². The molecular formula is C23H24N2O2S. The number of fused-ring (bicyclic) bond motifs is 2. The fraction of sp³-hybridized carbons (Fsp3) is 0.391. The van der Waals surface area contributed by atoms with Crippen molar-refractivity contribution >= 4 is 23.6 Å². The van der Waals surface area contributed by atoms with Gasteiger partial charge in [0.1, 0.15) is 10.9 Å². The lowest BCUT2D eigenvalue weighted by Gasteiger charge is -2.35. The highest BCUT2D eigenvalue weighted by Gasteiger charge is 2.56. The number of hydrogen-bond donors (Lipinski definition) is 1. The van der Waals surface area contributed by atoms with Gasteiger partial charge in [0, 0.05) is 12.2 Å². The summed E-state index contributed by atoms with van der Waals surface area (Å²) in [6, 6.07) is 18.2. The number of rotatable bonds is 3. The van der Waals surface area contributed by atoms with E-state index in [-0.39, 0.29) is 22.7 Å². The van der Waals surface area contributed by atoms with Crippen LogP contribution in [0, 0.1) is 0 Å². The Morgan fingerprint density at radius 2 is 1.86 bits per heavy atom. The maximum atomic E-state index is 13.3. The van der Waals surface area contributed by atoms with Gasteiger partial charge in [-0.05, 0) is 42.4 Å². The summed E-state index contributed by atoms with van der Waals surface area (Å²) in [5.41, 5.74) is 3.69. The number of hydrogen-bond acceptors (Lipinski definition) is 3. The van der Waals surface area contributed by atoms with Gasteiger partial charge in [-0.1, -0.05) is 54.6 Å². The Labute approximate surface area is 169 Å². The van der Waals surface area contributed by atoms with Crippen molar-refractivity contribution in [3.63, 3.8) is 0 Å². The molecule has 2 aromatic carbocycles. The lowest BCUT2D eigenvalue weighted by atomic mass is 9.87. The molecule has 4 nitrogen and oxygen atoms in total. The molecule has 0 spiro atoms. The first-order chi connectivity index (χ1) is 13.7. The highest BCUT2D eigenvalue weighted by Crippen LogP contribution is 2.54. The normalized spacial score (nSPS) is 28.7. The van der Waals surface area contributed by atoms with Crippen molar-refractivity contribution in [3.8, 4) is 0 Å². The van der Waals surface area contributed by atoms with Crippen LogP contribution in [0.4, 0.5) is 0 Å². The van der Waals surface area contributed by atoms with Gasteiger partial charge in [-0.15, -0.1) is 11.8 Å². The third kappa shape index (κ3) is 2.75. The smallest absolute Gasteiger partial charge is 0.244 e. The van der Waals surface area contributed by atoms with Crippen LogP contribution in [0.25, 0.3) is 0 Å². The van der Waals surface area contributed by atoms with Gasteiger partial charge in [-0.25, -0.2) is 0 Å². The van der Waals surface area contributed by atoms with Crippen LogP contribution in [0.5, 0.6) is 0 Å². The van der Waals surface area contributed by atoms with Crippen molar-refractivity contribution in [2.24, 2.45) is 0 Å². The molecule has 1 aliphatic carbocycles. The molecule has 3 atom stereocenters. The second-order valence-corrected chi connectivity index (χ2v) is 9.19. The molecule has 0 aromatic heterocycles. The molecule has 0 radical (unpaired) electrons. The predicted octanol–water partition coefficient (Wildman–Crippen LogP) is 3.77. The lowest BCUT2D eigenvalue weighted by molar-refractivity contribution is -0.138. The van der Waals surface area contributed by atoms with E-state index in [0.29, 0.717) is 12.2 Å². The van der Waals surface area contributed by atoms with Crippen LogP contribution in [-0.2, 0) is 20.9 Å². The van der Waals surface area contributed by atoms with Gasteiger partial charge in [0.25, 0.3) is 0 Å². The molecule has 2 saturated heterocycles. The topological polar surface area (TPSA) is 49.4 Å². The number of amides is 2. The van der Waals surface area contributed by atoms with Crippen LogP contribution >= 0.6 is 11.8 Å². The van der Waals surface area contributed by atoms with E-state index in [2.05, 4.69) is 35.6 Å². The fourth-order valence-corrected chi connectivity index (χ4v) is 6.66. The zero-order valence-electron chi connectivity index (χ0n) is 15.8. The highest BCUT2D eigenvalue weighted by atomic mass is 32.2. The summed E-state index contributed by atoms with van der Waals surface area (Å²) >= 11 is 1.75. The van der Waals surface area contributed by atoms with Crippen LogP contribution in [0.2, 0.25) is 0 Å². The first-order valence-electron chi connectivity index (χ1n) is 10.1. The van der Waals surface area contributed by atoms with E-state index in [1.807, 2.05) is 29.2 Å². The van der Waals surface area contributed by atoms with Crippen molar-refractivity contribution in [3.05, 3.63) is 71.3 Å². The summed E-state index contributed by atoms with van der Waals surface area (Å²) in [4.78, 5) is 27.5. The second kappa shape index (κ2) is 6.96. The summed E-state index contributed by atoms with van der Waals surface area (Å²) < 4.78 is 0. The first kappa shape index (κ1) is 17.8. The maximum Gasteiger partial charge on any atom is 0.244 e. The number of aryl methyl sites for hydroxylation is 1. The molecular weight excluding hydrogens is 368 g/mol. The quantitative estimate of drug-likeness (QED) is 0.865. The minimum Gasteiger partial charge on any atom is -0.347 e.